The highest BCUT2D eigenvalue weighted by Crippen LogP contribution is 2.35. The second-order valence-corrected chi connectivity index (χ2v) is 11.4. The molecule has 212 valence electrons. The molecule has 2 unspecified atom stereocenters. The monoisotopic (exact) mass is 558 g/mol. The third-order valence-electron chi connectivity index (χ3n) is 7.28. The SMILES string of the molecule is CCNC(=O)[C@H](NC(=O)C(C)(COC)c1ccc2nc(CC(c3c(F)cccc3Cl)C(C)C)[nH]c2c1)C(C)C. The highest BCUT2D eigenvalue weighted by atomic mass is 35.5. The molecule has 3 rings (SSSR count). The third kappa shape index (κ3) is 6.79. The Morgan fingerprint density at radius 1 is 1.15 bits per heavy atom. The number of halogens is 2. The Bertz CT molecular complexity index is 1290. The summed E-state index contributed by atoms with van der Waals surface area (Å²) in [6.07, 6.45) is 0.473. The van der Waals surface area contributed by atoms with E-state index in [1.807, 2.05) is 52.8 Å². The van der Waals surface area contributed by atoms with Gasteiger partial charge in [-0.3, -0.25) is 9.59 Å². The van der Waals surface area contributed by atoms with Gasteiger partial charge in [0, 0.05) is 30.7 Å². The Balaban J connectivity index is 1.94. The van der Waals surface area contributed by atoms with Crippen LogP contribution in [0.4, 0.5) is 4.39 Å². The van der Waals surface area contributed by atoms with Crippen LogP contribution < -0.4 is 10.6 Å². The molecule has 2 aromatic carbocycles. The number of fused-ring (bicyclic) bond motifs is 1. The second kappa shape index (κ2) is 12.9. The average molecular weight is 559 g/mol. The van der Waals surface area contributed by atoms with Crippen LogP contribution in [0.2, 0.25) is 5.02 Å². The number of aromatic amines is 1. The fourth-order valence-corrected chi connectivity index (χ4v) is 5.24. The van der Waals surface area contributed by atoms with E-state index in [0.717, 1.165) is 16.6 Å². The van der Waals surface area contributed by atoms with Crippen LogP contribution in [0.25, 0.3) is 11.0 Å². The number of nitrogens with one attached hydrogen (secondary N) is 3. The first kappa shape index (κ1) is 30.6. The number of methoxy groups -OCH3 is 1. The minimum absolute atomic E-state index is 0.0956. The molecule has 3 N–H and O–H groups in total. The number of amides is 2. The van der Waals surface area contributed by atoms with Crippen LogP contribution in [-0.2, 0) is 26.2 Å². The Hall–Kier alpha value is -2.97. The zero-order valence-corrected chi connectivity index (χ0v) is 24.6. The maximum absolute atomic E-state index is 14.7. The summed E-state index contributed by atoms with van der Waals surface area (Å²) in [5.74, 6) is -0.295. The summed E-state index contributed by atoms with van der Waals surface area (Å²) < 4.78 is 20.2. The standard InChI is InChI=1S/C30H40ClFN4O3/c1-8-33-28(37)27(18(4)5)36-29(38)30(6,16-39-7)19-12-13-23-24(14-19)35-25(34-23)15-20(17(2)3)26-21(31)10-9-11-22(26)32/h9-14,17-18,20,27H,8,15-16H2,1-7H3,(H,33,37)(H,34,35)(H,36,38)/t20?,27-,30?/m1/s1. The first-order valence-corrected chi connectivity index (χ1v) is 13.8. The van der Waals surface area contributed by atoms with E-state index in [9.17, 15) is 14.0 Å². The molecule has 7 nitrogen and oxygen atoms in total. The lowest BCUT2D eigenvalue weighted by atomic mass is 9.81. The molecule has 0 spiro atoms. The number of hydrogen-bond donors (Lipinski definition) is 3. The van der Waals surface area contributed by atoms with Gasteiger partial charge >= 0.3 is 0 Å². The molecule has 0 saturated carbocycles. The molecular formula is C30H40ClFN4O3. The van der Waals surface area contributed by atoms with Gasteiger partial charge in [-0.05, 0) is 61.4 Å². The smallest absolute Gasteiger partial charge is 0.242 e. The lowest BCUT2D eigenvalue weighted by Crippen LogP contribution is -2.55. The number of ether oxygens (including phenoxy) is 1. The molecule has 3 aromatic rings. The molecule has 0 saturated heterocycles. The normalized spacial score (nSPS) is 14.8. The molecule has 39 heavy (non-hydrogen) atoms. The van der Waals surface area contributed by atoms with Crippen molar-refractivity contribution < 1.29 is 18.7 Å². The molecule has 3 atom stereocenters. The van der Waals surface area contributed by atoms with E-state index < -0.39 is 11.5 Å². The van der Waals surface area contributed by atoms with E-state index in [2.05, 4.69) is 15.6 Å². The minimum atomic E-state index is -1.06. The van der Waals surface area contributed by atoms with E-state index >= 15 is 0 Å². The molecule has 0 aliphatic carbocycles. The summed E-state index contributed by atoms with van der Waals surface area (Å²) in [6.45, 7) is 12.1. The topological polar surface area (TPSA) is 96.1 Å². The van der Waals surface area contributed by atoms with Gasteiger partial charge in [0.1, 0.15) is 17.7 Å². The van der Waals surface area contributed by atoms with Gasteiger partial charge in [-0.2, -0.15) is 0 Å². The van der Waals surface area contributed by atoms with Crippen molar-refractivity contribution >= 4 is 34.4 Å². The summed E-state index contributed by atoms with van der Waals surface area (Å²) in [6, 6.07) is 9.67. The predicted octanol–water partition coefficient (Wildman–Crippen LogP) is 5.52. The number of rotatable bonds is 12. The van der Waals surface area contributed by atoms with Crippen LogP contribution in [0.5, 0.6) is 0 Å². The fourth-order valence-electron chi connectivity index (χ4n) is 4.94. The zero-order valence-electron chi connectivity index (χ0n) is 23.8. The Kier molecular flexibility index (Phi) is 10.1. The van der Waals surface area contributed by atoms with Crippen molar-refractivity contribution in [2.45, 2.75) is 65.3 Å². The Labute approximate surface area is 235 Å². The highest BCUT2D eigenvalue weighted by molar-refractivity contribution is 6.31. The summed E-state index contributed by atoms with van der Waals surface area (Å²) >= 11 is 6.39. The minimum Gasteiger partial charge on any atom is -0.383 e. The van der Waals surface area contributed by atoms with E-state index in [4.69, 9.17) is 21.3 Å². The number of H-pyrrole nitrogens is 1. The molecule has 0 aliphatic heterocycles. The Morgan fingerprint density at radius 2 is 1.87 bits per heavy atom. The van der Waals surface area contributed by atoms with E-state index in [1.165, 1.54) is 6.07 Å². The largest absolute Gasteiger partial charge is 0.383 e. The molecule has 0 bridgehead atoms. The molecule has 1 aromatic heterocycles. The number of imidazole rings is 1. The van der Waals surface area contributed by atoms with Crippen molar-refractivity contribution in [3.05, 3.63) is 64.2 Å². The van der Waals surface area contributed by atoms with Gasteiger partial charge in [0.2, 0.25) is 11.8 Å². The van der Waals surface area contributed by atoms with Crippen molar-refractivity contribution in [2.24, 2.45) is 11.8 Å². The van der Waals surface area contributed by atoms with Gasteiger partial charge in [0.05, 0.1) is 23.1 Å². The predicted molar refractivity (Wildman–Crippen MR) is 153 cm³/mol. The molecule has 0 aliphatic rings. The lowest BCUT2D eigenvalue weighted by Gasteiger charge is -2.31. The number of nitrogens with zero attached hydrogens (tertiary/aromatic N) is 1. The van der Waals surface area contributed by atoms with E-state index in [1.54, 1.807) is 26.2 Å². The van der Waals surface area contributed by atoms with Crippen LogP contribution in [-0.4, -0.2) is 48.1 Å². The lowest BCUT2D eigenvalue weighted by molar-refractivity contribution is -0.134. The maximum Gasteiger partial charge on any atom is 0.242 e. The fraction of sp³-hybridized carbons (Fsp3) is 0.500. The summed E-state index contributed by atoms with van der Waals surface area (Å²) in [5, 5.41) is 6.14. The Morgan fingerprint density at radius 3 is 2.46 bits per heavy atom. The number of benzene rings is 2. The van der Waals surface area contributed by atoms with Crippen LogP contribution in [0.1, 0.15) is 64.4 Å². The molecule has 0 fully saturated rings. The highest BCUT2D eigenvalue weighted by Gasteiger charge is 2.38. The van der Waals surface area contributed by atoms with E-state index in [0.29, 0.717) is 29.4 Å². The van der Waals surface area contributed by atoms with Gasteiger partial charge in [-0.1, -0.05) is 51.4 Å². The number of carbonyl (C=O) groups is 2. The average Bonchev–Trinajstić information content (AvgIpc) is 3.28. The first-order valence-electron chi connectivity index (χ1n) is 13.4. The van der Waals surface area contributed by atoms with Crippen LogP contribution in [0, 0.1) is 17.7 Å². The molecule has 1 heterocycles. The molecule has 0 radical (unpaired) electrons. The van der Waals surface area contributed by atoms with Gasteiger partial charge in [0.25, 0.3) is 0 Å². The second-order valence-electron chi connectivity index (χ2n) is 11.0. The van der Waals surface area contributed by atoms with Crippen LogP contribution in [0.3, 0.4) is 0 Å². The van der Waals surface area contributed by atoms with Crippen molar-refractivity contribution in [3.63, 3.8) is 0 Å². The number of aromatic nitrogens is 2. The van der Waals surface area contributed by atoms with E-state index in [-0.39, 0.29) is 42.0 Å². The number of carbonyl (C=O) groups excluding carboxylic acids is 2. The summed E-state index contributed by atoms with van der Waals surface area (Å²) in [5.41, 5.74) is 1.64. The van der Waals surface area contributed by atoms with Crippen molar-refractivity contribution in [3.8, 4) is 0 Å². The third-order valence-corrected chi connectivity index (χ3v) is 7.61. The van der Waals surface area contributed by atoms with Crippen LogP contribution in [0.15, 0.2) is 36.4 Å². The van der Waals surface area contributed by atoms with Crippen molar-refractivity contribution in [2.75, 3.05) is 20.3 Å². The molecule has 2 amide bonds. The van der Waals surface area contributed by atoms with Gasteiger partial charge in [0.15, 0.2) is 0 Å². The number of hydrogen-bond acceptors (Lipinski definition) is 4. The van der Waals surface area contributed by atoms with Crippen LogP contribution >= 0.6 is 11.6 Å². The first-order chi connectivity index (χ1) is 18.4. The maximum atomic E-state index is 14.7. The molecule has 9 heteroatoms. The summed E-state index contributed by atoms with van der Waals surface area (Å²) in [4.78, 5) is 34.3. The van der Waals surface area contributed by atoms with Crippen molar-refractivity contribution in [1.29, 1.82) is 0 Å². The quantitative estimate of drug-likeness (QED) is 0.273. The van der Waals surface area contributed by atoms with Gasteiger partial charge in [-0.15, -0.1) is 0 Å². The van der Waals surface area contributed by atoms with Gasteiger partial charge in [-0.25, -0.2) is 9.37 Å². The van der Waals surface area contributed by atoms with Gasteiger partial charge < -0.3 is 20.4 Å². The summed E-state index contributed by atoms with van der Waals surface area (Å²) in [7, 11) is 1.54. The van der Waals surface area contributed by atoms with Crippen molar-refractivity contribution in [1.82, 2.24) is 20.6 Å². The molecular weight excluding hydrogens is 519 g/mol. The zero-order chi connectivity index (χ0) is 28.9. The number of likely N-dealkylation sites (N-methyl/N-ethyl adjacent to an activating group) is 1.